The molecule has 0 aliphatic heterocycles. The number of methoxy groups -OCH3 is 3. The van der Waals surface area contributed by atoms with Gasteiger partial charge in [-0.3, -0.25) is 9.78 Å². The van der Waals surface area contributed by atoms with Crippen molar-refractivity contribution in [3.05, 3.63) is 48.3 Å². The van der Waals surface area contributed by atoms with Crippen LogP contribution in [-0.2, 0) is 4.79 Å². The number of rotatable bonds is 6. The number of nitrogens with one attached hydrogen (secondary N) is 1. The molecule has 0 fully saturated rings. The monoisotopic (exact) mass is 314 g/mol. The largest absolute Gasteiger partial charge is 0.496 e. The van der Waals surface area contributed by atoms with Crippen LogP contribution in [0.4, 0.5) is 5.69 Å². The Balaban J connectivity index is 2.19. The first kappa shape index (κ1) is 16.4. The summed E-state index contributed by atoms with van der Waals surface area (Å²) in [6, 6.07) is 6.95. The van der Waals surface area contributed by atoms with Gasteiger partial charge in [-0.2, -0.15) is 0 Å². The van der Waals surface area contributed by atoms with Crippen molar-refractivity contribution in [2.45, 2.75) is 0 Å². The van der Waals surface area contributed by atoms with Gasteiger partial charge >= 0.3 is 0 Å². The molecule has 0 saturated heterocycles. The summed E-state index contributed by atoms with van der Waals surface area (Å²) in [4.78, 5) is 15.9. The standard InChI is InChI=1S/C17H18N2O4/c1-21-14-10-16(23-3)15(22-2)9-12(14)6-7-17(20)19-13-5-4-8-18-11-13/h4-11H,1-3H3,(H,19,20)/b7-6+. The normalized spacial score (nSPS) is 10.4. The first-order chi connectivity index (χ1) is 11.2. The second-order valence-electron chi connectivity index (χ2n) is 4.51. The van der Waals surface area contributed by atoms with Gasteiger partial charge in [0.05, 0.1) is 33.2 Å². The number of nitrogens with zero attached hydrogens (tertiary/aromatic N) is 1. The number of carbonyl (C=O) groups is 1. The molecule has 6 heteroatoms. The summed E-state index contributed by atoms with van der Waals surface area (Å²) in [6.45, 7) is 0. The topological polar surface area (TPSA) is 69.7 Å². The molecule has 1 heterocycles. The van der Waals surface area contributed by atoms with Gasteiger partial charge in [0.1, 0.15) is 5.75 Å². The summed E-state index contributed by atoms with van der Waals surface area (Å²) in [5.41, 5.74) is 1.33. The van der Waals surface area contributed by atoms with Gasteiger partial charge in [-0.15, -0.1) is 0 Å². The average Bonchev–Trinajstić information content (AvgIpc) is 2.59. The molecule has 0 saturated carbocycles. The fourth-order valence-electron chi connectivity index (χ4n) is 1.97. The van der Waals surface area contributed by atoms with Crippen molar-refractivity contribution < 1.29 is 19.0 Å². The maximum absolute atomic E-state index is 11.9. The summed E-state index contributed by atoms with van der Waals surface area (Å²) < 4.78 is 15.8. The van der Waals surface area contributed by atoms with Gasteiger partial charge in [-0.1, -0.05) is 0 Å². The predicted octanol–water partition coefficient (Wildman–Crippen LogP) is 2.76. The minimum atomic E-state index is -0.269. The van der Waals surface area contributed by atoms with Crippen LogP contribution in [0.2, 0.25) is 0 Å². The van der Waals surface area contributed by atoms with E-state index in [1.807, 2.05) is 0 Å². The van der Waals surface area contributed by atoms with E-state index >= 15 is 0 Å². The van der Waals surface area contributed by atoms with Crippen molar-refractivity contribution in [1.82, 2.24) is 4.98 Å². The molecule has 1 amide bonds. The van der Waals surface area contributed by atoms with E-state index < -0.39 is 0 Å². The Morgan fingerprint density at radius 1 is 1.09 bits per heavy atom. The molecule has 0 aliphatic carbocycles. The van der Waals surface area contributed by atoms with Crippen LogP contribution < -0.4 is 19.5 Å². The molecule has 0 unspecified atom stereocenters. The van der Waals surface area contributed by atoms with E-state index in [-0.39, 0.29) is 5.91 Å². The first-order valence-electron chi connectivity index (χ1n) is 6.87. The molecule has 0 atom stereocenters. The molecule has 2 rings (SSSR count). The van der Waals surface area contributed by atoms with E-state index in [1.165, 1.54) is 6.08 Å². The zero-order valence-electron chi connectivity index (χ0n) is 13.2. The number of hydrogen-bond acceptors (Lipinski definition) is 5. The van der Waals surface area contributed by atoms with E-state index in [4.69, 9.17) is 14.2 Å². The zero-order chi connectivity index (χ0) is 16.7. The quantitative estimate of drug-likeness (QED) is 0.830. The number of ether oxygens (including phenoxy) is 3. The SMILES string of the molecule is COc1cc(OC)c(OC)cc1/C=C/C(=O)Nc1cccnc1. The fourth-order valence-corrected chi connectivity index (χ4v) is 1.97. The molecule has 2 aromatic rings. The van der Waals surface area contributed by atoms with Crippen molar-refractivity contribution >= 4 is 17.7 Å². The molecule has 0 radical (unpaired) electrons. The van der Waals surface area contributed by atoms with Crippen LogP contribution in [0.3, 0.4) is 0 Å². The number of benzene rings is 1. The highest BCUT2D eigenvalue weighted by Crippen LogP contribution is 2.35. The maximum Gasteiger partial charge on any atom is 0.248 e. The maximum atomic E-state index is 11.9. The molecule has 120 valence electrons. The van der Waals surface area contributed by atoms with Crippen molar-refractivity contribution in [3.63, 3.8) is 0 Å². The molecular formula is C17H18N2O4. The van der Waals surface area contributed by atoms with E-state index in [2.05, 4.69) is 10.3 Å². The molecular weight excluding hydrogens is 296 g/mol. The van der Waals surface area contributed by atoms with Gasteiger partial charge in [0.15, 0.2) is 11.5 Å². The third kappa shape index (κ3) is 4.23. The lowest BCUT2D eigenvalue weighted by Gasteiger charge is -2.12. The minimum absolute atomic E-state index is 0.269. The lowest BCUT2D eigenvalue weighted by atomic mass is 10.1. The van der Waals surface area contributed by atoms with Gasteiger partial charge < -0.3 is 19.5 Å². The van der Waals surface area contributed by atoms with Gasteiger partial charge in [-0.05, 0) is 24.3 Å². The van der Waals surface area contributed by atoms with E-state index in [0.29, 0.717) is 28.5 Å². The molecule has 1 aromatic heterocycles. The highest BCUT2D eigenvalue weighted by Gasteiger charge is 2.10. The summed E-state index contributed by atoms with van der Waals surface area (Å²) in [5, 5.41) is 2.72. The fraction of sp³-hybridized carbons (Fsp3) is 0.176. The Morgan fingerprint density at radius 2 is 1.78 bits per heavy atom. The highest BCUT2D eigenvalue weighted by molar-refractivity contribution is 6.02. The van der Waals surface area contributed by atoms with E-state index in [9.17, 15) is 4.79 Å². The molecule has 0 spiro atoms. The Hall–Kier alpha value is -3.02. The summed E-state index contributed by atoms with van der Waals surface area (Å²) >= 11 is 0. The summed E-state index contributed by atoms with van der Waals surface area (Å²) in [5.74, 6) is 1.42. The van der Waals surface area contributed by atoms with Crippen LogP contribution in [-0.4, -0.2) is 32.2 Å². The molecule has 1 N–H and O–H groups in total. The third-order valence-electron chi connectivity index (χ3n) is 3.08. The van der Waals surface area contributed by atoms with Gasteiger partial charge in [-0.25, -0.2) is 0 Å². The molecule has 23 heavy (non-hydrogen) atoms. The van der Waals surface area contributed by atoms with Crippen LogP contribution in [0.5, 0.6) is 17.2 Å². The van der Waals surface area contributed by atoms with Gasteiger partial charge in [0.25, 0.3) is 0 Å². The van der Waals surface area contributed by atoms with Crippen LogP contribution in [0.25, 0.3) is 6.08 Å². The Bertz CT molecular complexity index is 699. The summed E-state index contributed by atoms with van der Waals surface area (Å²) in [6.07, 6.45) is 6.27. The van der Waals surface area contributed by atoms with Gasteiger partial charge in [0.2, 0.25) is 5.91 Å². The van der Waals surface area contributed by atoms with Crippen molar-refractivity contribution in [2.75, 3.05) is 26.6 Å². The number of aromatic nitrogens is 1. The lowest BCUT2D eigenvalue weighted by molar-refractivity contribution is -0.111. The number of carbonyl (C=O) groups excluding carboxylic acids is 1. The number of pyridine rings is 1. The number of hydrogen-bond donors (Lipinski definition) is 1. The number of anilines is 1. The average molecular weight is 314 g/mol. The molecule has 6 nitrogen and oxygen atoms in total. The Kier molecular flexibility index (Phi) is 5.57. The van der Waals surface area contributed by atoms with E-state index in [1.54, 1.807) is 64.1 Å². The highest BCUT2D eigenvalue weighted by atomic mass is 16.5. The first-order valence-corrected chi connectivity index (χ1v) is 6.87. The summed E-state index contributed by atoms with van der Waals surface area (Å²) in [7, 11) is 4.65. The Labute approximate surface area is 134 Å². The second-order valence-corrected chi connectivity index (χ2v) is 4.51. The van der Waals surface area contributed by atoms with Crippen molar-refractivity contribution in [3.8, 4) is 17.2 Å². The third-order valence-corrected chi connectivity index (χ3v) is 3.08. The Morgan fingerprint density at radius 3 is 2.39 bits per heavy atom. The van der Waals surface area contributed by atoms with Crippen LogP contribution in [0, 0.1) is 0 Å². The smallest absolute Gasteiger partial charge is 0.248 e. The molecule has 0 aliphatic rings. The van der Waals surface area contributed by atoms with Crippen molar-refractivity contribution in [2.24, 2.45) is 0 Å². The van der Waals surface area contributed by atoms with Gasteiger partial charge in [0, 0.05) is 23.9 Å². The number of amides is 1. The van der Waals surface area contributed by atoms with Crippen LogP contribution in [0.15, 0.2) is 42.7 Å². The minimum Gasteiger partial charge on any atom is -0.496 e. The lowest BCUT2D eigenvalue weighted by Crippen LogP contribution is -2.07. The van der Waals surface area contributed by atoms with E-state index in [0.717, 1.165) is 0 Å². The predicted molar refractivity (Wildman–Crippen MR) is 88.0 cm³/mol. The van der Waals surface area contributed by atoms with Crippen LogP contribution >= 0.6 is 0 Å². The van der Waals surface area contributed by atoms with Crippen LogP contribution in [0.1, 0.15) is 5.56 Å². The molecule has 1 aromatic carbocycles. The zero-order valence-corrected chi connectivity index (χ0v) is 13.2. The van der Waals surface area contributed by atoms with Crippen molar-refractivity contribution in [1.29, 1.82) is 0 Å². The molecule has 0 bridgehead atoms. The second kappa shape index (κ2) is 7.84.